The van der Waals surface area contributed by atoms with E-state index >= 15 is 0 Å². The highest BCUT2D eigenvalue weighted by Gasteiger charge is 2.22. The Balaban J connectivity index is 1.51. The fraction of sp³-hybridized carbons (Fsp3) is 0.296. The molecule has 4 rings (SSSR count). The fourth-order valence-electron chi connectivity index (χ4n) is 3.68. The molecule has 5 nitrogen and oxygen atoms in total. The van der Waals surface area contributed by atoms with Gasteiger partial charge in [0.25, 0.3) is 0 Å². The van der Waals surface area contributed by atoms with Gasteiger partial charge in [-0.05, 0) is 55.2 Å². The Kier molecular flexibility index (Phi) is 5.83. The summed E-state index contributed by atoms with van der Waals surface area (Å²) in [6, 6.07) is 19.8. The summed E-state index contributed by atoms with van der Waals surface area (Å²) in [6.07, 6.45) is 1.79. The number of ether oxygens (including phenoxy) is 2. The van der Waals surface area contributed by atoms with Crippen LogP contribution in [0.1, 0.15) is 40.2 Å². The van der Waals surface area contributed by atoms with Crippen molar-refractivity contribution in [3.63, 3.8) is 0 Å². The molecule has 0 saturated heterocycles. The minimum absolute atomic E-state index is 0.0350. The standard InChI is InChI=1S/C27H31N3O2/c1-19-20(2)30(18-29(19)6)22-9-7-10-23(16-22)31-24-11-8-12-25(17-24)32-26-15-21(13-14-28-26)27(3,4)5/h7-17H,18H2,1-6H3. The molecule has 1 aliphatic rings. The van der Waals surface area contributed by atoms with Gasteiger partial charge in [-0.3, -0.25) is 0 Å². The lowest BCUT2D eigenvalue weighted by molar-refractivity contribution is 0.446. The molecule has 2 heterocycles. The van der Waals surface area contributed by atoms with E-state index in [0.29, 0.717) is 17.4 Å². The summed E-state index contributed by atoms with van der Waals surface area (Å²) < 4.78 is 12.2. The van der Waals surface area contributed by atoms with Gasteiger partial charge in [-0.1, -0.05) is 32.9 Å². The first-order valence-electron chi connectivity index (χ1n) is 10.9. The van der Waals surface area contributed by atoms with Crippen LogP contribution in [0.3, 0.4) is 0 Å². The van der Waals surface area contributed by atoms with Gasteiger partial charge in [0.15, 0.2) is 0 Å². The minimum atomic E-state index is 0.0350. The van der Waals surface area contributed by atoms with Crippen molar-refractivity contribution in [1.29, 1.82) is 0 Å². The quantitative estimate of drug-likeness (QED) is 0.440. The van der Waals surface area contributed by atoms with Crippen molar-refractivity contribution < 1.29 is 9.47 Å². The third-order valence-corrected chi connectivity index (χ3v) is 5.85. The van der Waals surface area contributed by atoms with Crippen LogP contribution in [-0.2, 0) is 5.41 Å². The maximum atomic E-state index is 6.17. The molecule has 2 aromatic carbocycles. The summed E-state index contributed by atoms with van der Waals surface area (Å²) in [7, 11) is 2.11. The van der Waals surface area contributed by atoms with Gasteiger partial charge in [-0.15, -0.1) is 0 Å². The summed E-state index contributed by atoms with van der Waals surface area (Å²) in [4.78, 5) is 8.89. The Labute approximate surface area is 190 Å². The van der Waals surface area contributed by atoms with Crippen molar-refractivity contribution in [2.45, 2.75) is 40.0 Å². The highest BCUT2D eigenvalue weighted by atomic mass is 16.5. The van der Waals surface area contributed by atoms with Crippen molar-refractivity contribution in [2.75, 3.05) is 18.6 Å². The van der Waals surface area contributed by atoms with Gasteiger partial charge in [-0.25, -0.2) is 4.98 Å². The average molecular weight is 430 g/mol. The normalized spacial score (nSPS) is 14.2. The van der Waals surface area contributed by atoms with Gasteiger partial charge in [0.1, 0.15) is 17.2 Å². The highest BCUT2D eigenvalue weighted by Crippen LogP contribution is 2.33. The lowest BCUT2D eigenvalue weighted by Gasteiger charge is -2.21. The smallest absolute Gasteiger partial charge is 0.219 e. The predicted octanol–water partition coefficient (Wildman–Crippen LogP) is 6.92. The molecule has 0 saturated carbocycles. The van der Waals surface area contributed by atoms with Gasteiger partial charge >= 0.3 is 0 Å². The van der Waals surface area contributed by atoms with E-state index in [1.807, 2.05) is 48.5 Å². The Morgan fingerprint density at radius 2 is 1.47 bits per heavy atom. The Morgan fingerprint density at radius 3 is 2.12 bits per heavy atom. The molecule has 5 heteroatoms. The lowest BCUT2D eigenvalue weighted by atomic mass is 9.88. The number of allylic oxidation sites excluding steroid dienone is 2. The molecule has 0 aliphatic carbocycles. The summed E-state index contributed by atoms with van der Waals surface area (Å²) in [5.41, 5.74) is 4.86. The largest absolute Gasteiger partial charge is 0.457 e. The van der Waals surface area contributed by atoms with Crippen molar-refractivity contribution in [2.24, 2.45) is 0 Å². The number of benzene rings is 2. The van der Waals surface area contributed by atoms with Crippen LogP contribution >= 0.6 is 0 Å². The van der Waals surface area contributed by atoms with E-state index in [0.717, 1.165) is 18.1 Å². The third-order valence-electron chi connectivity index (χ3n) is 5.85. The Bertz CT molecular complexity index is 1150. The maximum absolute atomic E-state index is 6.17. The predicted molar refractivity (Wildman–Crippen MR) is 129 cm³/mol. The van der Waals surface area contributed by atoms with E-state index in [9.17, 15) is 0 Å². The molecule has 32 heavy (non-hydrogen) atoms. The molecule has 0 unspecified atom stereocenters. The molecule has 1 aliphatic heterocycles. The Hall–Kier alpha value is -3.47. The number of hydrogen-bond donors (Lipinski definition) is 0. The number of pyridine rings is 1. The topological polar surface area (TPSA) is 37.8 Å². The summed E-state index contributed by atoms with van der Waals surface area (Å²) >= 11 is 0. The average Bonchev–Trinajstić information content (AvgIpc) is 3.01. The van der Waals surface area contributed by atoms with Crippen LogP contribution in [0, 0.1) is 0 Å². The van der Waals surface area contributed by atoms with Crippen molar-refractivity contribution in [3.05, 3.63) is 83.8 Å². The molecule has 0 spiro atoms. The van der Waals surface area contributed by atoms with Crippen molar-refractivity contribution >= 4 is 5.69 Å². The van der Waals surface area contributed by atoms with Gasteiger partial charge in [0.2, 0.25) is 5.88 Å². The molecule has 1 aromatic heterocycles. The zero-order chi connectivity index (χ0) is 22.9. The number of nitrogens with zero attached hydrogens (tertiary/aromatic N) is 3. The Morgan fingerprint density at radius 1 is 0.812 bits per heavy atom. The first kappa shape index (κ1) is 21.8. The summed E-state index contributed by atoms with van der Waals surface area (Å²) in [5.74, 6) is 2.77. The van der Waals surface area contributed by atoms with E-state index in [1.54, 1.807) is 6.20 Å². The monoisotopic (exact) mass is 429 g/mol. The molecule has 0 N–H and O–H groups in total. The molecule has 0 amide bonds. The number of hydrogen-bond acceptors (Lipinski definition) is 5. The number of aromatic nitrogens is 1. The number of anilines is 1. The van der Waals surface area contributed by atoms with Gasteiger partial charge in [-0.2, -0.15) is 0 Å². The molecular weight excluding hydrogens is 398 g/mol. The van der Waals surface area contributed by atoms with Crippen LogP contribution in [-0.4, -0.2) is 23.6 Å². The van der Waals surface area contributed by atoms with Crippen molar-refractivity contribution in [1.82, 2.24) is 9.88 Å². The number of rotatable bonds is 5. The van der Waals surface area contributed by atoms with Crippen LogP contribution < -0.4 is 14.4 Å². The second kappa shape index (κ2) is 8.58. The van der Waals surface area contributed by atoms with Crippen LogP contribution in [0.2, 0.25) is 0 Å². The lowest BCUT2D eigenvalue weighted by Crippen LogP contribution is -2.24. The van der Waals surface area contributed by atoms with Gasteiger partial charge in [0, 0.05) is 48.5 Å². The second-order valence-electron chi connectivity index (χ2n) is 9.25. The van der Waals surface area contributed by atoms with E-state index in [2.05, 4.69) is 68.6 Å². The SMILES string of the molecule is CC1=C(C)N(c2cccc(Oc3cccc(Oc4cc(C(C)(C)C)ccn4)c3)c2)CN1C. The van der Waals surface area contributed by atoms with Gasteiger partial charge in [0.05, 0.1) is 6.67 Å². The molecule has 0 bridgehead atoms. The van der Waals surface area contributed by atoms with E-state index < -0.39 is 0 Å². The first-order valence-corrected chi connectivity index (χ1v) is 10.9. The van der Waals surface area contributed by atoms with Crippen LogP contribution in [0.15, 0.2) is 78.3 Å². The third kappa shape index (κ3) is 4.72. The molecule has 0 fully saturated rings. The molecule has 0 atom stereocenters. The maximum Gasteiger partial charge on any atom is 0.219 e. The summed E-state index contributed by atoms with van der Waals surface area (Å²) in [6.45, 7) is 11.7. The highest BCUT2D eigenvalue weighted by molar-refractivity contribution is 5.57. The second-order valence-corrected chi connectivity index (χ2v) is 9.25. The van der Waals surface area contributed by atoms with Crippen LogP contribution in [0.5, 0.6) is 23.1 Å². The molecule has 3 aromatic rings. The van der Waals surface area contributed by atoms with E-state index in [4.69, 9.17) is 9.47 Å². The van der Waals surface area contributed by atoms with Gasteiger partial charge < -0.3 is 19.3 Å². The fourth-order valence-corrected chi connectivity index (χ4v) is 3.68. The van der Waals surface area contributed by atoms with E-state index in [1.165, 1.54) is 17.0 Å². The van der Waals surface area contributed by atoms with Crippen LogP contribution in [0.25, 0.3) is 0 Å². The minimum Gasteiger partial charge on any atom is -0.457 e. The van der Waals surface area contributed by atoms with Crippen LogP contribution in [0.4, 0.5) is 5.69 Å². The summed E-state index contributed by atoms with van der Waals surface area (Å²) in [5, 5.41) is 0. The zero-order valence-corrected chi connectivity index (χ0v) is 19.7. The first-order chi connectivity index (χ1) is 15.2. The zero-order valence-electron chi connectivity index (χ0n) is 19.7. The molecular formula is C27H31N3O2. The molecule has 0 radical (unpaired) electrons. The van der Waals surface area contributed by atoms with Crippen molar-refractivity contribution in [3.8, 4) is 23.1 Å². The molecule has 166 valence electrons. The van der Waals surface area contributed by atoms with E-state index in [-0.39, 0.29) is 5.41 Å².